The van der Waals surface area contributed by atoms with Gasteiger partial charge < -0.3 is 10.4 Å². The van der Waals surface area contributed by atoms with Crippen molar-refractivity contribution >= 4 is 29.3 Å². The zero-order chi connectivity index (χ0) is 19.1. The van der Waals surface area contributed by atoms with E-state index in [9.17, 15) is 18.4 Å². The predicted molar refractivity (Wildman–Crippen MR) is 98.3 cm³/mol. The van der Waals surface area contributed by atoms with Crippen molar-refractivity contribution in [1.29, 1.82) is 0 Å². The Labute approximate surface area is 154 Å². The summed E-state index contributed by atoms with van der Waals surface area (Å²) in [7, 11) is 0. The van der Waals surface area contributed by atoms with E-state index in [-0.39, 0.29) is 12.0 Å². The second kappa shape index (κ2) is 9.33. The molecule has 0 heterocycles. The van der Waals surface area contributed by atoms with Gasteiger partial charge in [-0.05, 0) is 36.8 Å². The second-order valence-electron chi connectivity index (χ2n) is 5.74. The first-order chi connectivity index (χ1) is 12.4. The molecular weight excluding hydrogens is 360 g/mol. The maximum atomic E-state index is 13.8. The van der Waals surface area contributed by atoms with Crippen LogP contribution in [0.1, 0.15) is 30.4 Å². The number of benzene rings is 2. The number of carbonyl (C=O) groups excluding carboxylic acids is 1. The van der Waals surface area contributed by atoms with Gasteiger partial charge in [0.2, 0.25) is 5.91 Å². The molecule has 0 saturated carbocycles. The molecule has 4 nitrogen and oxygen atoms in total. The maximum Gasteiger partial charge on any atom is 0.304 e. The zero-order valence-corrected chi connectivity index (χ0v) is 15.0. The Morgan fingerprint density at radius 1 is 1.15 bits per heavy atom. The van der Waals surface area contributed by atoms with Crippen molar-refractivity contribution in [1.82, 2.24) is 0 Å². The summed E-state index contributed by atoms with van der Waals surface area (Å²) in [6, 6.07) is 10.6. The summed E-state index contributed by atoms with van der Waals surface area (Å²) >= 11 is 1.48. The van der Waals surface area contributed by atoms with Crippen LogP contribution in [-0.2, 0) is 15.3 Å². The lowest BCUT2D eigenvalue weighted by Gasteiger charge is -2.14. The van der Waals surface area contributed by atoms with Gasteiger partial charge in [-0.2, -0.15) is 11.8 Å². The van der Waals surface area contributed by atoms with Gasteiger partial charge in [0.05, 0.1) is 12.3 Å². The van der Waals surface area contributed by atoms with E-state index in [4.69, 9.17) is 5.11 Å². The first kappa shape index (κ1) is 19.9. The number of aliphatic carboxylic acids is 1. The van der Waals surface area contributed by atoms with Gasteiger partial charge in [0.15, 0.2) is 0 Å². The molecule has 0 aromatic heterocycles. The van der Waals surface area contributed by atoms with E-state index >= 15 is 0 Å². The lowest BCUT2D eigenvalue weighted by Crippen LogP contribution is -2.20. The monoisotopic (exact) mass is 379 g/mol. The number of thioether (sulfide) groups is 1. The normalized spacial score (nSPS) is 11.8. The van der Waals surface area contributed by atoms with Gasteiger partial charge in [-0.25, -0.2) is 8.78 Å². The minimum absolute atomic E-state index is 0.0901. The summed E-state index contributed by atoms with van der Waals surface area (Å²) in [5.41, 5.74) is 1.18. The third kappa shape index (κ3) is 5.56. The van der Waals surface area contributed by atoms with Gasteiger partial charge in [-0.1, -0.05) is 18.2 Å². The van der Waals surface area contributed by atoms with Crippen LogP contribution < -0.4 is 5.32 Å². The number of halogens is 2. The number of amides is 1. The third-order valence-corrected chi connectivity index (χ3v) is 4.78. The number of hydrogen-bond acceptors (Lipinski definition) is 3. The third-order valence-electron chi connectivity index (χ3n) is 3.75. The van der Waals surface area contributed by atoms with E-state index in [1.807, 2.05) is 6.07 Å². The standard InChI is InChI=1S/C19H19F2NO3S/c1-12(18-15(20)6-3-7-16(18)21)19(25)22-14-5-2-4-13(10-14)11-26-9-8-17(23)24/h2-7,10,12H,8-9,11H2,1H3,(H,22,25)(H,23,24). The van der Waals surface area contributed by atoms with Crippen LogP contribution in [0.4, 0.5) is 14.5 Å². The van der Waals surface area contributed by atoms with Crippen molar-refractivity contribution in [2.45, 2.75) is 25.0 Å². The van der Waals surface area contributed by atoms with E-state index in [0.29, 0.717) is 17.2 Å². The molecule has 26 heavy (non-hydrogen) atoms. The van der Waals surface area contributed by atoms with E-state index in [2.05, 4.69) is 5.32 Å². The van der Waals surface area contributed by atoms with E-state index in [1.165, 1.54) is 24.8 Å². The van der Waals surface area contributed by atoms with E-state index < -0.39 is 29.4 Å². The molecule has 0 aliphatic heterocycles. The van der Waals surface area contributed by atoms with Crippen LogP contribution in [0, 0.1) is 11.6 Å². The maximum absolute atomic E-state index is 13.8. The molecule has 1 amide bonds. The molecule has 0 bridgehead atoms. The minimum atomic E-state index is -0.982. The van der Waals surface area contributed by atoms with Crippen LogP contribution in [0.2, 0.25) is 0 Å². The summed E-state index contributed by atoms with van der Waals surface area (Å²) < 4.78 is 27.7. The number of hydrogen-bond donors (Lipinski definition) is 2. The number of carboxylic acid groups (broad SMARTS) is 1. The fraction of sp³-hybridized carbons (Fsp3) is 0.263. The van der Waals surface area contributed by atoms with Gasteiger partial charge in [0.25, 0.3) is 0 Å². The Balaban J connectivity index is 2.00. The van der Waals surface area contributed by atoms with Gasteiger partial charge in [-0.15, -0.1) is 0 Å². The number of nitrogens with one attached hydrogen (secondary N) is 1. The molecule has 0 radical (unpaired) electrons. The molecular formula is C19H19F2NO3S. The number of carbonyl (C=O) groups is 2. The molecule has 1 unspecified atom stereocenters. The van der Waals surface area contributed by atoms with Crippen LogP contribution in [0.15, 0.2) is 42.5 Å². The Morgan fingerprint density at radius 3 is 2.46 bits per heavy atom. The summed E-state index contributed by atoms with van der Waals surface area (Å²) in [4.78, 5) is 22.8. The predicted octanol–water partition coefficient (Wildman–Crippen LogP) is 4.41. The highest BCUT2D eigenvalue weighted by atomic mass is 32.2. The molecule has 2 rings (SSSR count). The van der Waals surface area contributed by atoms with Gasteiger partial charge in [0, 0.05) is 22.8 Å². The SMILES string of the molecule is CC(C(=O)Nc1cccc(CSCCC(=O)O)c1)c1c(F)cccc1F. The first-order valence-corrected chi connectivity index (χ1v) is 9.17. The van der Waals surface area contributed by atoms with Gasteiger partial charge in [0.1, 0.15) is 11.6 Å². The summed E-state index contributed by atoms with van der Waals surface area (Å²) in [6.07, 6.45) is 0.0901. The van der Waals surface area contributed by atoms with Crippen molar-refractivity contribution < 1.29 is 23.5 Å². The molecule has 2 aromatic carbocycles. The molecule has 138 valence electrons. The van der Waals surface area contributed by atoms with Gasteiger partial charge >= 0.3 is 5.97 Å². The topological polar surface area (TPSA) is 66.4 Å². The summed E-state index contributed by atoms with van der Waals surface area (Å²) in [6.45, 7) is 1.45. The van der Waals surface area contributed by atoms with Crippen molar-refractivity contribution in [3.05, 3.63) is 65.2 Å². The average molecular weight is 379 g/mol. The molecule has 0 fully saturated rings. The first-order valence-electron chi connectivity index (χ1n) is 8.01. The smallest absolute Gasteiger partial charge is 0.304 e. The van der Waals surface area contributed by atoms with E-state index in [0.717, 1.165) is 17.7 Å². The lowest BCUT2D eigenvalue weighted by molar-refractivity contribution is -0.136. The van der Waals surface area contributed by atoms with Crippen molar-refractivity contribution in [3.8, 4) is 0 Å². The van der Waals surface area contributed by atoms with E-state index in [1.54, 1.807) is 18.2 Å². The quantitative estimate of drug-likeness (QED) is 0.667. The highest BCUT2D eigenvalue weighted by Gasteiger charge is 2.22. The highest BCUT2D eigenvalue weighted by molar-refractivity contribution is 7.98. The lowest BCUT2D eigenvalue weighted by atomic mass is 9.99. The van der Waals surface area contributed by atoms with Crippen molar-refractivity contribution in [3.63, 3.8) is 0 Å². The fourth-order valence-corrected chi connectivity index (χ4v) is 3.27. The van der Waals surface area contributed by atoms with Crippen molar-refractivity contribution in [2.75, 3.05) is 11.1 Å². The van der Waals surface area contributed by atoms with Crippen LogP contribution in [0.25, 0.3) is 0 Å². The van der Waals surface area contributed by atoms with Crippen LogP contribution in [0.3, 0.4) is 0 Å². The summed E-state index contributed by atoms with van der Waals surface area (Å²) in [5.74, 6) is -2.74. The van der Waals surface area contributed by atoms with Crippen LogP contribution in [0.5, 0.6) is 0 Å². The number of rotatable bonds is 8. The molecule has 0 aliphatic rings. The largest absolute Gasteiger partial charge is 0.481 e. The Kier molecular flexibility index (Phi) is 7.15. The Morgan fingerprint density at radius 2 is 1.81 bits per heavy atom. The molecule has 2 N–H and O–H groups in total. The van der Waals surface area contributed by atoms with Crippen LogP contribution >= 0.6 is 11.8 Å². The molecule has 0 saturated heterocycles. The van der Waals surface area contributed by atoms with Crippen LogP contribution in [-0.4, -0.2) is 22.7 Å². The molecule has 0 spiro atoms. The zero-order valence-electron chi connectivity index (χ0n) is 14.2. The number of carboxylic acids is 1. The Hall–Kier alpha value is -2.41. The average Bonchev–Trinajstić information content (AvgIpc) is 2.58. The molecule has 1 atom stereocenters. The number of anilines is 1. The Bertz CT molecular complexity index is 778. The highest BCUT2D eigenvalue weighted by Crippen LogP contribution is 2.24. The van der Waals surface area contributed by atoms with Crippen molar-refractivity contribution in [2.24, 2.45) is 0 Å². The minimum Gasteiger partial charge on any atom is -0.481 e. The molecule has 7 heteroatoms. The van der Waals surface area contributed by atoms with Gasteiger partial charge in [-0.3, -0.25) is 9.59 Å². The summed E-state index contributed by atoms with van der Waals surface area (Å²) in [5, 5.41) is 11.3. The fourth-order valence-electron chi connectivity index (χ4n) is 2.39. The molecule has 2 aromatic rings. The molecule has 0 aliphatic carbocycles. The second-order valence-corrected chi connectivity index (χ2v) is 6.85.